The van der Waals surface area contributed by atoms with Crippen molar-refractivity contribution in [3.63, 3.8) is 0 Å². The molecule has 0 saturated carbocycles. The molecular weight excluding hydrogens is 398 g/mol. The average molecular weight is 416 g/mol. The molecule has 27 heavy (non-hydrogen) atoms. The molecule has 9 heteroatoms. The maximum atomic E-state index is 12.3. The standard InChI is InChI=1S/C18H17N5OS3/c1-12-4-5-14-15(9-12)27-17(20-14)21-16(24)10-26-18-22-19-11-23(18)7-6-13-3-2-8-25-13/h2-5,8-9,11H,6-7,10H2,1H3,(H,20,21,24). The topological polar surface area (TPSA) is 72.7 Å². The number of nitrogens with zero attached hydrogens (tertiary/aromatic N) is 4. The molecule has 0 radical (unpaired) electrons. The molecule has 3 aromatic heterocycles. The number of amides is 1. The summed E-state index contributed by atoms with van der Waals surface area (Å²) in [6.07, 6.45) is 2.64. The van der Waals surface area contributed by atoms with Crippen LogP contribution < -0.4 is 5.32 Å². The molecule has 6 nitrogen and oxygen atoms in total. The highest BCUT2D eigenvalue weighted by Gasteiger charge is 2.11. The van der Waals surface area contributed by atoms with Gasteiger partial charge in [-0.25, -0.2) is 4.98 Å². The summed E-state index contributed by atoms with van der Waals surface area (Å²) in [5, 5.41) is 14.4. The lowest BCUT2D eigenvalue weighted by Crippen LogP contribution is -2.14. The van der Waals surface area contributed by atoms with E-state index in [0.717, 1.165) is 28.3 Å². The highest BCUT2D eigenvalue weighted by atomic mass is 32.2. The predicted octanol–water partition coefficient (Wildman–Crippen LogP) is 4.23. The number of carbonyl (C=O) groups excluding carboxylic acids is 1. The number of hydrogen-bond donors (Lipinski definition) is 1. The number of thiophene rings is 1. The molecule has 3 heterocycles. The molecular formula is C18H17N5OS3. The first-order valence-electron chi connectivity index (χ1n) is 8.37. The molecule has 1 amide bonds. The van der Waals surface area contributed by atoms with Crippen LogP contribution in [0.4, 0.5) is 5.13 Å². The van der Waals surface area contributed by atoms with Gasteiger partial charge in [-0.3, -0.25) is 4.79 Å². The summed E-state index contributed by atoms with van der Waals surface area (Å²) in [5.74, 6) is 0.177. The van der Waals surface area contributed by atoms with E-state index in [-0.39, 0.29) is 11.7 Å². The Morgan fingerprint density at radius 1 is 1.33 bits per heavy atom. The maximum Gasteiger partial charge on any atom is 0.236 e. The van der Waals surface area contributed by atoms with E-state index in [1.807, 2.05) is 23.6 Å². The van der Waals surface area contributed by atoms with Crippen molar-refractivity contribution in [3.8, 4) is 0 Å². The summed E-state index contributed by atoms with van der Waals surface area (Å²) in [4.78, 5) is 18.1. The van der Waals surface area contributed by atoms with Gasteiger partial charge < -0.3 is 9.88 Å². The predicted molar refractivity (Wildman–Crippen MR) is 112 cm³/mol. The number of rotatable bonds is 7. The SMILES string of the molecule is Cc1ccc2nc(NC(=O)CSc3nncn3CCc3cccs3)sc2c1. The summed E-state index contributed by atoms with van der Waals surface area (Å²) < 4.78 is 3.06. The Bertz CT molecular complexity index is 1050. The summed E-state index contributed by atoms with van der Waals surface area (Å²) in [5.41, 5.74) is 2.09. The van der Waals surface area contributed by atoms with Crippen LogP contribution in [0.25, 0.3) is 10.2 Å². The van der Waals surface area contributed by atoms with Gasteiger partial charge in [-0.05, 0) is 42.5 Å². The zero-order valence-electron chi connectivity index (χ0n) is 14.6. The average Bonchev–Trinajstić information content (AvgIpc) is 3.38. The second-order valence-electron chi connectivity index (χ2n) is 5.96. The Hall–Kier alpha value is -2.23. The summed E-state index contributed by atoms with van der Waals surface area (Å²) in [6.45, 7) is 2.84. The van der Waals surface area contributed by atoms with Crippen molar-refractivity contribution in [2.24, 2.45) is 0 Å². The Balaban J connectivity index is 1.33. The van der Waals surface area contributed by atoms with E-state index in [2.05, 4.69) is 44.1 Å². The van der Waals surface area contributed by atoms with Gasteiger partial charge in [0.15, 0.2) is 10.3 Å². The van der Waals surface area contributed by atoms with Crippen LogP contribution in [0.2, 0.25) is 0 Å². The second-order valence-corrected chi connectivity index (χ2v) is 8.97. The first kappa shape index (κ1) is 18.1. The Labute approximate surface area is 168 Å². The summed E-state index contributed by atoms with van der Waals surface area (Å²) in [7, 11) is 0. The van der Waals surface area contributed by atoms with Crippen molar-refractivity contribution in [1.82, 2.24) is 19.7 Å². The van der Waals surface area contributed by atoms with Crippen molar-refractivity contribution in [3.05, 3.63) is 52.5 Å². The Kier molecular flexibility index (Phi) is 5.51. The quantitative estimate of drug-likeness (QED) is 0.457. The fourth-order valence-corrected chi connectivity index (χ4v) is 4.99. The lowest BCUT2D eigenvalue weighted by molar-refractivity contribution is -0.113. The van der Waals surface area contributed by atoms with Crippen LogP contribution in [0, 0.1) is 6.92 Å². The lowest BCUT2D eigenvalue weighted by Gasteiger charge is -2.05. The fraction of sp³-hybridized carbons (Fsp3) is 0.222. The van der Waals surface area contributed by atoms with Gasteiger partial charge in [0.2, 0.25) is 5.91 Å². The zero-order chi connectivity index (χ0) is 18.6. The number of nitrogens with one attached hydrogen (secondary N) is 1. The number of thiazole rings is 1. The van der Waals surface area contributed by atoms with Crippen LogP contribution in [-0.4, -0.2) is 31.4 Å². The van der Waals surface area contributed by atoms with Crippen molar-refractivity contribution < 1.29 is 4.79 Å². The number of thioether (sulfide) groups is 1. The van der Waals surface area contributed by atoms with Crippen molar-refractivity contribution in [2.75, 3.05) is 11.1 Å². The van der Waals surface area contributed by atoms with Crippen LogP contribution >= 0.6 is 34.4 Å². The molecule has 138 valence electrons. The minimum atomic E-state index is -0.0939. The van der Waals surface area contributed by atoms with Crippen molar-refractivity contribution in [1.29, 1.82) is 0 Å². The second kappa shape index (κ2) is 8.20. The third kappa shape index (κ3) is 4.55. The third-order valence-electron chi connectivity index (χ3n) is 3.88. The van der Waals surface area contributed by atoms with Crippen molar-refractivity contribution in [2.45, 2.75) is 25.0 Å². The van der Waals surface area contributed by atoms with Gasteiger partial charge in [-0.2, -0.15) is 0 Å². The largest absolute Gasteiger partial charge is 0.308 e. The normalized spacial score (nSPS) is 11.1. The zero-order valence-corrected chi connectivity index (χ0v) is 17.0. The minimum Gasteiger partial charge on any atom is -0.308 e. The minimum absolute atomic E-state index is 0.0939. The maximum absolute atomic E-state index is 12.3. The number of aromatic nitrogens is 4. The lowest BCUT2D eigenvalue weighted by atomic mass is 10.2. The first-order chi connectivity index (χ1) is 13.2. The highest BCUT2D eigenvalue weighted by molar-refractivity contribution is 7.99. The van der Waals surface area contributed by atoms with Gasteiger partial charge in [-0.1, -0.05) is 35.2 Å². The molecule has 0 atom stereocenters. The van der Waals surface area contributed by atoms with Crippen LogP contribution in [0.3, 0.4) is 0 Å². The van der Waals surface area contributed by atoms with E-state index < -0.39 is 0 Å². The number of anilines is 1. The van der Waals surface area contributed by atoms with Crippen molar-refractivity contribution >= 4 is 55.7 Å². The highest BCUT2D eigenvalue weighted by Crippen LogP contribution is 2.27. The molecule has 0 unspecified atom stereocenters. The molecule has 0 saturated heterocycles. The number of hydrogen-bond acceptors (Lipinski definition) is 7. The van der Waals surface area contributed by atoms with E-state index in [0.29, 0.717) is 5.13 Å². The number of aryl methyl sites for hydroxylation is 3. The Morgan fingerprint density at radius 2 is 2.26 bits per heavy atom. The number of benzene rings is 1. The molecule has 1 aromatic carbocycles. The Morgan fingerprint density at radius 3 is 3.11 bits per heavy atom. The molecule has 0 aliphatic heterocycles. The monoisotopic (exact) mass is 415 g/mol. The van der Waals surface area contributed by atoms with Gasteiger partial charge in [0.1, 0.15) is 6.33 Å². The first-order valence-corrected chi connectivity index (χ1v) is 11.1. The van der Waals surface area contributed by atoms with Crippen LogP contribution in [0.5, 0.6) is 0 Å². The fourth-order valence-electron chi connectivity index (χ4n) is 2.57. The molecule has 0 fully saturated rings. The van der Waals surface area contributed by atoms with Crippen LogP contribution in [-0.2, 0) is 17.8 Å². The summed E-state index contributed by atoms with van der Waals surface area (Å²) >= 11 is 4.62. The summed E-state index contributed by atoms with van der Waals surface area (Å²) in [6, 6.07) is 10.2. The molecule has 4 aromatic rings. The van der Waals surface area contributed by atoms with E-state index in [4.69, 9.17) is 0 Å². The molecule has 0 aliphatic carbocycles. The van der Waals surface area contributed by atoms with Gasteiger partial charge in [0.05, 0.1) is 16.0 Å². The number of carbonyl (C=O) groups is 1. The van der Waals surface area contributed by atoms with Gasteiger partial charge >= 0.3 is 0 Å². The molecule has 0 aliphatic rings. The van der Waals surface area contributed by atoms with Gasteiger partial charge in [0, 0.05) is 11.4 Å². The van der Waals surface area contributed by atoms with Gasteiger partial charge in [-0.15, -0.1) is 21.5 Å². The number of fused-ring (bicyclic) bond motifs is 1. The van der Waals surface area contributed by atoms with E-state index in [1.54, 1.807) is 17.7 Å². The van der Waals surface area contributed by atoms with E-state index in [1.165, 1.54) is 33.5 Å². The smallest absolute Gasteiger partial charge is 0.236 e. The molecule has 0 spiro atoms. The molecule has 4 rings (SSSR count). The van der Waals surface area contributed by atoms with E-state index in [9.17, 15) is 4.79 Å². The molecule has 0 bridgehead atoms. The van der Waals surface area contributed by atoms with Gasteiger partial charge in [0.25, 0.3) is 0 Å². The van der Waals surface area contributed by atoms with E-state index >= 15 is 0 Å². The molecule has 1 N–H and O–H groups in total. The van der Waals surface area contributed by atoms with Crippen LogP contribution in [0.1, 0.15) is 10.4 Å². The third-order valence-corrected chi connectivity index (χ3v) is 6.73. The van der Waals surface area contributed by atoms with Crippen LogP contribution in [0.15, 0.2) is 47.2 Å².